The van der Waals surface area contributed by atoms with E-state index in [1.165, 1.54) is 0 Å². The Morgan fingerprint density at radius 3 is 2.30 bits per heavy atom. The Bertz CT molecular complexity index is 132. The van der Waals surface area contributed by atoms with Gasteiger partial charge in [0.1, 0.15) is 0 Å². The Hall–Kier alpha value is -0.560. The summed E-state index contributed by atoms with van der Waals surface area (Å²) in [5.41, 5.74) is 0. The van der Waals surface area contributed by atoms with E-state index in [9.17, 15) is 0 Å². The monoisotopic (exact) mass is 144 g/mol. The van der Waals surface area contributed by atoms with Crippen molar-refractivity contribution in [1.29, 1.82) is 0 Å². The maximum Gasteiger partial charge on any atom is 0.251 e. The fourth-order valence-corrected chi connectivity index (χ4v) is 0.311. The van der Waals surface area contributed by atoms with E-state index in [-0.39, 0.29) is 6.10 Å². The van der Waals surface area contributed by atoms with Gasteiger partial charge in [-0.05, 0) is 26.7 Å². The lowest BCUT2D eigenvalue weighted by Gasteiger charge is -2.06. The molecule has 0 bridgehead atoms. The van der Waals surface area contributed by atoms with Gasteiger partial charge in [-0.2, -0.15) is 4.89 Å². The van der Waals surface area contributed by atoms with Crippen LogP contribution in [0.1, 0.15) is 20.8 Å². The minimum absolute atomic E-state index is 0.0618. The predicted molar refractivity (Wildman–Crippen MR) is 36.8 cm³/mol. The minimum Gasteiger partial charge on any atom is -0.356 e. The third kappa shape index (κ3) is 5.57. The standard InChI is InChI=1S/C7H12O3/c1-4-5-7(8)10-9-6(2)3/h6-8H,1-3H3. The number of aliphatic hydroxyl groups is 1. The molecule has 0 spiro atoms. The van der Waals surface area contributed by atoms with E-state index in [0.717, 1.165) is 0 Å². The van der Waals surface area contributed by atoms with Crippen molar-refractivity contribution in [3.8, 4) is 11.8 Å². The van der Waals surface area contributed by atoms with Gasteiger partial charge in [-0.25, -0.2) is 4.89 Å². The summed E-state index contributed by atoms with van der Waals surface area (Å²) in [7, 11) is 0. The smallest absolute Gasteiger partial charge is 0.251 e. The van der Waals surface area contributed by atoms with Crippen molar-refractivity contribution in [3.63, 3.8) is 0 Å². The third-order valence-electron chi connectivity index (χ3n) is 0.607. The van der Waals surface area contributed by atoms with Gasteiger partial charge in [0, 0.05) is 0 Å². The van der Waals surface area contributed by atoms with E-state index in [1.807, 2.05) is 0 Å². The highest BCUT2D eigenvalue weighted by atomic mass is 17.2. The van der Waals surface area contributed by atoms with E-state index in [4.69, 9.17) is 5.11 Å². The van der Waals surface area contributed by atoms with Crippen LogP contribution in [0, 0.1) is 11.8 Å². The summed E-state index contributed by atoms with van der Waals surface area (Å²) in [4.78, 5) is 9.03. The van der Waals surface area contributed by atoms with Gasteiger partial charge >= 0.3 is 0 Å². The highest BCUT2D eigenvalue weighted by Crippen LogP contribution is 1.92. The van der Waals surface area contributed by atoms with Gasteiger partial charge in [0.15, 0.2) is 0 Å². The number of rotatable bonds is 3. The molecule has 0 saturated carbocycles. The first-order valence-corrected chi connectivity index (χ1v) is 3.09. The lowest BCUT2D eigenvalue weighted by molar-refractivity contribution is -0.370. The molecule has 0 aliphatic rings. The fourth-order valence-electron chi connectivity index (χ4n) is 0.311. The van der Waals surface area contributed by atoms with Crippen molar-refractivity contribution in [1.82, 2.24) is 0 Å². The molecule has 3 heteroatoms. The summed E-state index contributed by atoms with van der Waals surface area (Å²) in [5, 5.41) is 8.78. The van der Waals surface area contributed by atoms with Gasteiger partial charge in [-0.1, -0.05) is 0 Å². The molecule has 58 valence electrons. The quantitative estimate of drug-likeness (QED) is 0.274. The highest BCUT2D eigenvalue weighted by molar-refractivity contribution is 4.97. The van der Waals surface area contributed by atoms with Crippen LogP contribution < -0.4 is 0 Å². The van der Waals surface area contributed by atoms with Crippen LogP contribution in [-0.4, -0.2) is 17.5 Å². The average Bonchev–Trinajstić information content (AvgIpc) is 1.85. The Kier molecular flexibility index (Phi) is 4.95. The molecule has 3 nitrogen and oxygen atoms in total. The Balaban J connectivity index is 3.36. The summed E-state index contributed by atoms with van der Waals surface area (Å²) in [6.07, 6.45) is -1.19. The van der Waals surface area contributed by atoms with Crippen LogP contribution in [-0.2, 0) is 9.78 Å². The molecule has 0 amide bonds. The molecule has 0 radical (unpaired) electrons. The van der Waals surface area contributed by atoms with Crippen LogP contribution in [0.4, 0.5) is 0 Å². The van der Waals surface area contributed by atoms with Crippen LogP contribution in [0.15, 0.2) is 0 Å². The maximum atomic E-state index is 8.78. The molecule has 0 aromatic carbocycles. The van der Waals surface area contributed by atoms with Crippen molar-refractivity contribution in [2.75, 3.05) is 0 Å². The van der Waals surface area contributed by atoms with Crippen LogP contribution in [0.2, 0.25) is 0 Å². The van der Waals surface area contributed by atoms with Crippen molar-refractivity contribution >= 4 is 0 Å². The van der Waals surface area contributed by atoms with Gasteiger partial charge in [0.05, 0.1) is 6.10 Å². The Labute approximate surface area is 60.9 Å². The number of hydrogen-bond acceptors (Lipinski definition) is 3. The zero-order chi connectivity index (χ0) is 7.98. The van der Waals surface area contributed by atoms with Crippen LogP contribution in [0.5, 0.6) is 0 Å². The molecule has 0 rings (SSSR count). The molecule has 0 aromatic rings. The first kappa shape index (κ1) is 9.44. The Morgan fingerprint density at radius 2 is 1.90 bits per heavy atom. The summed E-state index contributed by atoms with van der Waals surface area (Å²) in [6, 6.07) is 0. The van der Waals surface area contributed by atoms with E-state index < -0.39 is 6.29 Å². The summed E-state index contributed by atoms with van der Waals surface area (Å²) in [5.74, 6) is 4.85. The lowest BCUT2D eigenvalue weighted by atomic mass is 10.5. The van der Waals surface area contributed by atoms with Crippen LogP contribution in [0.3, 0.4) is 0 Å². The normalized spacial score (nSPS) is 12.5. The second kappa shape index (κ2) is 5.24. The summed E-state index contributed by atoms with van der Waals surface area (Å²) in [6.45, 7) is 5.21. The molecule has 10 heavy (non-hydrogen) atoms. The second-order valence-electron chi connectivity index (χ2n) is 1.99. The molecule has 0 aliphatic heterocycles. The predicted octanol–water partition coefficient (Wildman–Crippen LogP) is 0.685. The number of hydrogen-bond donors (Lipinski definition) is 1. The molecule has 1 atom stereocenters. The molecule has 0 saturated heterocycles. The van der Waals surface area contributed by atoms with Crippen molar-refractivity contribution in [2.24, 2.45) is 0 Å². The lowest BCUT2D eigenvalue weighted by Crippen LogP contribution is -2.13. The molecular weight excluding hydrogens is 132 g/mol. The number of aliphatic hydroxyl groups excluding tert-OH is 1. The summed E-state index contributed by atoms with van der Waals surface area (Å²) < 4.78 is 0. The highest BCUT2D eigenvalue weighted by Gasteiger charge is 2.00. The minimum atomic E-state index is -1.13. The van der Waals surface area contributed by atoms with E-state index in [2.05, 4.69) is 21.6 Å². The molecule has 1 N–H and O–H groups in total. The zero-order valence-corrected chi connectivity index (χ0v) is 6.42. The van der Waals surface area contributed by atoms with Crippen LogP contribution >= 0.6 is 0 Å². The molecular formula is C7H12O3. The average molecular weight is 144 g/mol. The van der Waals surface area contributed by atoms with Crippen LogP contribution in [0.25, 0.3) is 0 Å². The molecule has 0 aromatic heterocycles. The molecule has 0 fully saturated rings. The third-order valence-corrected chi connectivity index (χ3v) is 0.607. The van der Waals surface area contributed by atoms with E-state index in [0.29, 0.717) is 0 Å². The first-order valence-electron chi connectivity index (χ1n) is 3.09. The van der Waals surface area contributed by atoms with Crippen molar-refractivity contribution in [2.45, 2.75) is 33.2 Å². The van der Waals surface area contributed by atoms with E-state index in [1.54, 1.807) is 20.8 Å². The van der Waals surface area contributed by atoms with Gasteiger partial charge in [-0.3, -0.25) is 0 Å². The zero-order valence-electron chi connectivity index (χ0n) is 6.42. The fraction of sp³-hybridized carbons (Fsp3) is 0.714. The van der Waals surface area contributed by atoms with Gasteiger partial charge < -0.3 is 5.11 Å². The van der Waals surface area contributed by atoms with Gasteiger partial charge in [0.25, 0.3) is 6.29 Å². The molecule has 0 heterocycles. The topological polar surface area (TPSA) is 38.7 Å². The largest absolute Gasteiger partial charge is 0.356 e. The molecule has 0 aliphatic carbocycles. The van der Waals surface area contributed by atoms with Gasteiger partial charge in [0.2, 0.25) is 0 Å². The second-order valence-corrected chi connectivity index (χ2v) is 1.99. The SMILES string of the molecule is CC#CC(O)OOC(C)C. The van der Waals surface area contributed by atoms with Gasteiger partial charge in [-0.15, -0.1) is 5.92 Å². The summed E-state index contributed by atoms with van der Waals surface area (Å²) >= 11 is 0. The van der Waals surface area contributed by atoms with Crippen molar-refractivity contribution < 1.29 is 14.9 Å². The Morgan fingerprint density at radius 1 is 1.30 bits per heavy atom. The maximum absolute atomic E-state index is 8.78. The van der Waals surface area contributed by atoms with E-state index >= 15 is 0 Å². The molecule has 1 unspecified atom stereocenters. The first-order chi connectivity index (χ1) is 4.66. The van der Waals surface area contributed by atoms with Crippen molar-refractivity contribution in [3.05, 3.63) is 0 Å².